The predicted octanol–water partition coefficient (Wildman–Crippen LogP) is 4.29. The number of benzene rings is 1. The minimum absolute atomic E-state index is 0. The van der Waals surface area contributed by atoms with Crippen LogP contribution in [0.5, 0.6) is 0 Å². The van der Waals surface area contributed by atoms with Gasteiger partial charge in [0.25, 0.3) is 0 Å². The molecule has 1 aromatic carbocycles. The summed E-state index contributed by atoms with van der Waals surface area (Å²) in [6, 6.07) is 6.95. The molecule has 148 valence electrons. The van der Waals surface area contributed by atoms with Crippen LogP contribution in [0.3, 0.4) is 0 Å². The fourth-order valence-electron chi connectivity index (χ4n) is 2.99. The SMILES string of the molecule is CCNC(=NCC1(c2cccc(F)c2)CC1)NCCc1ncc(CC)s1.I. The molecule has 2 aromatic rings. The summed E-state index contributed by atoms with van der Waals surface area (Å²) in [4.78, 5) is 10.5. The molecule has 0 amide bonds. The number of aliphatic imine (C=N–C) groups is 1. The minimum Gasteiger partial charge on any atom is -0.357 e. The highest BCUT2D eigenvalue weighted by Crippen LogP contribution is 2.48. The molecule has 1 saturated carbocycles. The number of aromatic nitrogens is 1. The predicted molar refractivity (Wildman–Crippen MR) is 122 cm³/mol. The normalized spacial score (nSPS) is 15.1. The summed E-state index contributed by atoms with van der Waals surface area (Å²) in [6.07, 6.45) is 6.03. The Morgan fingerprint density at radius 3 is 2.74 bits per heavy atom. The lowest BCUT2D eigenvalue weighted by Crippen LogP contribution is -2.39. The van der Waals surface area contributed by atoms with Crippen molar-refractivity contribution < 1.29 is 4.39 Å². The molecule has 1 aliphatic rings. The second kappa shape index (κ2) is 10.4. The van der Waals surface area contributed by atoms with Gasteiger partial charge in [-0.15, -0.1) is 35.3 Å². The average Bonchev–Trinajstić information content (AvgIpc) is 3.30. The van der Waals surface area contributed by atoms with E-state index in [4.69, 9.17) is 4.99 Å². The molecule has 1 aromatic heterocycles. The highest BCUT2D eigenvalue weighted by atomic mass is 127. The Bertz CT molecular complexity index is 758. The van der Waals surface area contributed by atoms with Crippen LogP contribution in [0.4, 0.5) is 4.39 Å². The molecule has 7 heteroatoms. The van der Waals surface area contributed by atoms with Crippen molar-refractivity contribution in [2.24, 2.45) is 4.99 Å². The maximum atomic E-state index is 13.5. The first-order valence-corrected chi connectivity index (χ1v) is 10.2. The lowest BCUT2D eigenvalue weighted by molar-refractivity contribution is 0.615. The molecule has 27 heavy (non-hydrogen) atoms. The molecule has 2 N–H and O–H groups in total. The van der Waals surface area contributed by atoms with Crippen molar-refractivity contribution in [2.45, 2.75) is 44.9 Å². The lowest BCUT2D eigenvalue weighted by atomic mass is 9.96. The number of hydrogen-bond acceptors (Lipinski definition) is 3. The van der Waals surface area contributed by atoms with Gasteiger partial charge in [-0.25, -0.2) is 9.37 Å². The standard InChI is InChI=1S/C20H27FN4S.HI/c1-3-17-13-24-18(26-17)8-11-23-19(22-4-2)25-14-20(9-10-20)15-6-5-7-16(21)12-15;/h5-7,12-13H,3-4,8-11,14H2,1-2H3,(H2,22,23,25);1H. The van der Waals surface area contributed by atoms with Crippen molar-refractivity contribution in [1.82, 2.24) is 15.6 Å². The van der Waals surface area contributed by atoms with Crippen LogP contribution in [0, 0.1) is 5.82 Å². The van der Waals surface area contributed by atoms with E-state index in [-0.39, 0.29) is 35.2 Å². The van der Waals surface area contributed by atoms with Gasteiger partial charge in [0, 0.05) is 36.0 Å². The summed E-state index contributed by atoms with van der Waals surface area (Å²) >= 11 is 1.78. The number of halogens is 2. The van der Waals surface area contributed by atoms with Crippen molar-refractivity contribution >= 4 is 41.3 Å². The van der Waals surface area contributed by atoms with Gasteiger partial charge < -0.3 is 10.6 Å². The molecule has 1 fully saturated rings. The zero-order valence-electron chi connectivity index (χ0n) is 15.9. The van der Waals surface area contributed by atoms with Gasteiger partial charge in [0.1, 0.15) is 5.82 Å². The Morgan fingerprint density at radius 1 is 1.30 bits per heavy atom. The van der Waals surface area contributed by atoms with E-state index in [0.29, 0.717) is 6.54 Å². The highest BCUT2D eigenvalue weighted by molar-refractivity contribution is 14.0. The van der Waals surface area contributed by atoms with Gasteiger partial charge in [0.2, 0.25) is 0 Å². The van der Waals surface area contributed by atoms with Crippen LogP contribution in [0.1, 0.15) is 42.1 Å². The van der Waals surface area contributed by atoms with E-state index < -0.39 is 0 Å². The first kappa shape index (κ1) is 22.1. The molecule has 0 unspecified atom stereocenters. The fourth-order valence-corrected chi connectivity index (χ4v) is 3.86. The molecule has 0 spiro atoms. The van der Waals surface area contributed by atoms with Gasteiger partial charge in [-0.3, -0.25) is 4.99 Å². The molecule has 4 nitrogen and oxygen atoms in total. The topological polar surface area (TPSA) is 49.3 Å². The van der Waals surface area contributed by atoms with Crippen molar-refractivity contribution in [3.63, 3.8) is 0 Å². The quantitative estimate of drug-likeness (QED) is 0.322. The van der Waals surface area contributed by atoms with Crippen molar-refractivity contribution in [3.05, 3.63) is 51.7 Å². The Labute approximate surface area is 182 Å². The number of guanidine groups is 1. The third kappa shape index (κ3) is 6.14. The summed E-state index contributed by atoms with van der Waals surface area (Å²) in [7, 11) is 0. The van der Waals surface area contributed by atoms with Crippen LogP contribution >= 0.6 is 35.3 Å². The third-order valence-corrected chi connectivity index (χ3v) is 5.96. The first-order valence-electron chi connectivity index (χ1n) is 9.37. The number of hydrogen-bond donors (Lipinski definition) is 2. The molecule has 0 atom stereocenters. The molecule has 1 aliphatic carbocycles. The Kier molecular flexibility index (Phi) is 8.47. The van der Waals surface area contributed by atoms with Crippen molar-refractivity contribution in [1.29, 1.82) is 0 Å². The number of aryl methyl sites for hydroxylation is 1. The summed E-state index contributed by atoms with van der Waals surface area (Å²) < 4.78 is 13.5. The van der Waals surface area contributed by atoms with Gasteiger partial charge in [0.05, 0.1) is 11.6 Å². The number of thiazole rings is 1. The van der Waals surface area contributed by atoms with Crippen LogP contribution < -0.4 is 10.6 Å². The summed E-state index contributed by atoms with van der Waals surface area (Å²) in [5.41, 5.74) is 1.07. The van der Waals surface area contributed by atoms with Crippen LogP contribution in [-0.4, -0.2) is 30.6 Å². The van der Waals surface area contributed by atoms with E-state index in [9.17, 15) is 4.39 Å². The first-order chi connectivity index (χ1) is 12.6. The van der Waals surface area contributed by atoms with Crippen molar-refractivity contribution in [2.75, 3.05) is 19.6 Å². The van der Waals surface area contributed by atoms with Gasteiger partial charge in [-0.1, -0.05) is 19.1 Å². The monoisotopic (exact) mass is 502 g/mol. The van der Waals surface area contributed by atoms with E-state index in [1.807, 2.05) is 12.3 Å². The van der Waals surface area contributed by atoms with Crippen LogP contribution in [0.15, 0.2) is 35.5 Å². The van der Waals surface area contributed by atoms with E-state index in [1.165, 1.54) is 10.9 Å². The van der Waals surface area contributed by atoms with E-state index >= 15 is 0 Å². The van der Waals surface area contributed by atoms with Crippen LogP contribution in [0.2, 0.25) is 0 Å². The van der Waals surface area contributed by atoms with Gasteiger partial charge in [-0.05, 0) is 43.9 Å². The third-order valence-electron chi connectivity index (χ3n) is 4.76. The zero-order valence-corrected chi connectivity index (χ0v) is 19.1. The average molecular weight is 502 g/mol. The van der Waals surface area contributed by atoms with E-state index in [0.717, 1.165) is 55.3 Å². The number of nitrogens with one attached hydrogen (secondary N) is 2. The molecular formula is C20H28FIN4S. The largest absolute Gasteiger partial charge is 0.357 e. The fraction of sp³-hybridized carbons (Fsp3) is 0.500. The second-order valence-electron chi connectivity index (χ2n) is 6.74. The molecule has 0 radical (unpaired) electrons. The number of nitrogens with zero attached hydrogens (tertiary/aromatic N) is 2. The Balaban J connectivity index is 0.00000261. The lowest BCUT2D eigenvalue weighted by Gasteiger charge is -2.16. The Hall–Kier alpha value is -1.22. The molecular weight excluding hydrogens is 474 g/mol. The zero-order chi connectivity index (χ0) is 18.4. The van der Waals surface area contributed by atoms with Gasteiger partial charge >= 0.3 is 0 Å². The molecule has 0 saturated heterocycles. The minimum atomic E-state index is -0.169. The summed E-state index contributed by atoms with van der Waals surface area (Å²) in [5.74, 6) is 0.653. The smallest absolute Gasteiger partial charge is 0.191 e. The maximum absolute atomic E-state index is 13.5. The number of rotatable bonds is 8. The summed E-state index contributed by atoms with van der Waals surface area (Å²) in [6.45, 7) is 6.51. The molecule has 3 rings (SSSR count). The summed E-state index contributed by atoms with van der Waals surface area (Å²) in [5, 5.41) is 7.84. The van der Waals surface area contributed by atoms with Gasteiger partial charge in [0.15, 0.2) is 5.96 Å². The van der Waals surface area contributed by atoms with E-state index in [2.05, 4.69) is 29.5 Å². The Morgan fingerprint density at radius 2 is 2.11 bits per heavy atom. The van der Waals surface area contributed by atoms with Crippen molar-refractivity contribution in [3.8, 4) is 0 Å². The maximum Gasteiger partial charge on any atom is 0.191 e. The second-order valence-corrected chi connectivity index (χ2v) is 7.94. The van der Waals surface area contributed by atoms with Gasteiger partial charge in [-0.2, -0.15) is 0 Å². The molecule has 0 bridgehead atoms. The highest BCUT2D eigenvalue weighted by Gasteiger charge is 2.44. The van der Waals surface area contributed by atoms with E-state index in [1.54, 1.807) is 23.5 Å². The van der Waals surface area contributed by atoms with Crippen LogP contribution in [0.25, 0.3) is 0 Å². The molecule has 0 aliphatic heterocycles. The van der Waals surface area contributed by atoms with Crippen LogP contribution in [-0.2, 0) is 18.3 Å². The molecule has 1 heterocycles.